The first-order valence-corrected chi connectivity index (χ1v) is 14.2. The van der Waals surface area contributed by atoms with E-state index >= 15 is 0 Å². The standard InChI is InChI=1S/C34H38FN3O7/c1-33(2,3)44-31(42)36-25-15-9-21(10-16-25)7-11-23-12-8-22(19-27(23)35)20-28(30(40)41)38-29(39)24-13-17-26(18-14-24)37-32(43)45-34(4,5)6/h7-19,28H,20H2,1-6H3,(H,36,42)(H,37,43)(H,38,39)(H,40,41)/b11-7+. The van der Waals surface area contributed by atoms with Gasteiger partial charge in [0.05, 0.1) is 0 Å². The number of carboxylic acids is 1. The zero-order chi connectivity index (χ0) is 33.4. The van der Waals surface area contributed by atoms with Crippen LogP contribution in [0.25, 0.3) is 12.2 Å². The summed E-state index contributed by atoms with van der Waals surface area (Å²) in [6, 6.07) is 15.8. The van der Waals surface area contributed by atoms with E-state index in [1.807, 2.05) is 0 Å². The first-order valence-electron chi connectivity index (χ1n) is 14.2. The van der Waals surface area contributed by atoms with Crippen molar-refractivity contribution in [1.29, 1.82) is 0 Å². The molecule has 11 heteroatoms. The Labute approximate surface area is 261 Å². The minimum atomic E-state index is -1.31. The molecule has 0 saturated heterocycles. The van der Waals surface area contributed by atoms with Crippen molar-refractivity contribution in [2.75, 3.05) is 10.6 Å². The maximum absolute atomic E-state index is 14.9. The molecule has 1 atom stereocenters. The number of anilines is 2. The second kappa shape index (κ2) is 14.5. The molecule has 0 aromatic heterocycles. The van der Waals surface area contributed by atoms with Gasteiger partial charge in [-0.2, -0.15) is 0 Å². The Bertz CT molecular complexity index is 1550. The molecule has 3 aromatic rings. The molecule has 0 saturated carbocycles. The van der Waals surface area contributed by atoms with Crippen molar-refractivity contribution < 1.29 is 38.1 Å². The molecule has 0 aliphatic heterocycles. The number of carboxylic acid groups (broad SMARTS) is 1. The number of hydrogen-bond acceptors (Lipinski definition) is 6. The summed E-state index contributed by atoms with van der Waals surface area (Å²) in [4.78, 5) is 48.5. The highest BCUT2D eigenvalue weighted by Crippen LogP contribution is 2.19. The van der Waals surface area contributed by atoms with Crippen LogP contribution in [0.15, 0.2) is 66.7 Å². The van der Waals surface area contributed by atoms with Crippen LogP contribution in [0.5, 0.6) is 0 Å². The summed E-state index contributed by atoms with van der Waals surface area (Å²) in [5.74, 6) is -2.48. The number of benzene rings is 3. The number of ether oxygens (including phenoxy) is 2. The number of carbonyl (C=O) groups excluding carboxylic acids is 3. The van der Waals surface area contributed by atoms with Crippen LogP contribution >= 0.6 is 0 Å². The van der Waals surface area contributed by atoms with E-state index < -0.39 is 47.1 Å². The summed E-state index contributed by atoms with van der Waals surface area (Å²) in [5.41, 5.74) is 1.25. The van der Waals surface area contributed by atoms with Gasteiger partial charge in [-0.25, -0.2) is 18.8 Å². The van der Waals surface area contributed by atoms with Crippen molar-refractivity contribution in [3.8, 4) is 0 Å². The van der Waals surface area contributed by atoms with Gasteiger partial charge in [-0.15, -0.1) is 0 Å². The van der Waals surface area contributed by atoms with Crippen molar-refractivity contribution in [3.63, 3.8) is 0 Å². The number of nitrogens with one attached hydrogen (secondary N) is 3. The lowest BCUT2D eigenvalue weighted by molar-refractivity contribution is -0.139. The minimum Gasteiger partial charge on any atom is -0.480 e. The van der Waals surface area contributed by atoms with Crippen LogP contribution in [0.3, 0.4) is 0 Å². The highest BCUT2D eigenvalue weighted by atomic mass is 19.1. The van der Waals surface area contributed by atoms with E-state index in [2.05, 4.69) is 16.0 Å². The molecule has 1 unspecified atom stereocenters. The SMILES string of the molecule is CC(C)(C)OC(=O)Nc1ccc(/C=C/c2ccc(CC(NC(=O)c3ccc(NC(=O)OC(C)(C)C)cc3)C(=O)O)cc2F)cc1. The number of halogens is 1. The third kappa shape index (κ3) is 11.8. The zero-order valence-electron chi connectivity index (χ0n) is 26.1. The fourth-order valence-electron chi connectivity index (χ4n) is 3.92. The number of aliphatic carboxylic acids is 1. The van der Waals surface area contributed by atoms with Crippen molar-refractivity contribution in [3.05, 3.63) is 94.8 Å². The van der Waals surface area contributed by atoms with Gasteiger partial charge < -0.3 is 19.9 Å². The molecule has 238 valence electrons. The van der Waals surface area contributed by atoms with Gasteiger partial charge in [-0.05, 0) is 95.1 Å². The normalized spacial score (nSPS) is 12.2. The van der Waals surface area contributed by atoms with Crippen molar-refractivity contribution in [2.45, 2.75) is 65.2 Å². The Balaban J connectivity index is 1.59. The molecule has 45 heavy (non-hydrogen) atoms. The summed E-state index contributed by atoms with van der Waals surface area (Å²) in [6.45, 7) is 10.5. The molecule has 4 N–H and O–H groups in total. The number of hydrogen-bond donors (Lipinski definition) is 4. The lowest BCUT2D eigenvalue weighted by atomic mass is 10.0. The fourth-order valence-corrected chi connectivity index (χ4v) is 3.92. The van der Waals surface area contributed by atoms with Crippen LogP contribution in [0.1, 0.15) is 68.6 Å². The molecule has 0 aliphatic rings. The van der Waals surface area contributed by atoms with Gasteiger partial charge in [0.15, 0.2) is 0 Å². The lowest BCUT2D eigenvalue weighted by Crippen LogP contribution is -2.42. The van der Waals surface area contributed by atoms with E-state index in [4.69, 9.17) is 9.47 Å². The van der Waals surface area contributed by atoms with Crippen molar-refractivity contribution >= 4 is 47.6 Å². The van der Waals surface area contributed by atoms with Crippen molar-refractivity contribution in [1.82, 2.24) is 5.32 Å². The van der Waals surface area contributed by atoms with Gasteiger partial charge in [-0.3, -0.25) is 15.4 Å². The highest BCUT2D eigenvalue weighted by molar-refractivity contribution is 5.97. The van der Waals surface area contributed by atoms with Crippen LogP contribution in [0.2, 0.25) is 0 Å². The summed E-state index contributed by atoms with van der Waals surface area (Å²) in [7, 11) is 0. The number of amides is 3. The van der Waals surface area contributed by atoms with E-state index in [1.165, 1.54) is 36.4 Å². The highest BCUT2D eigenvalue weighted by Gasteiger charge is 2.22. The van der Waals surface area contributed by atoms with Gasteiger partial charge in [-0.1, -0.05) is 36.4 Å². The Morgan fingerprint density at radius 3 is 1.76 bits per heavy atom. The maximum Gasteiger partial charge on any atom is 0.412 e. The van der Waals surface area contributed by atoms with Gasteiger partial charge >= 0.3 is 18.2 Å². The molecule has 3 aromatic carbocycles. The van der Waals surface area contributed by atoms with Crippen LogP contribution in [-0.2, 0) is 20.7 Å². The third-order valence-electron chi connectivity index (χ3n) is 5.91. The van der Waals surface area contributed by atoms with Gasteiger partial charge in [0, 0.05) is 28.9 Å². The molecule has 10 nitrogen and oxygen atoms in total. The first kappa shape index (κ1) is 34.3. The number of rotatable bonds is 9. The van der Waals surface area contributed by atoms with Crippen LogP contribution in [0, 0.1) is 5.82 Å². The molecule has 0 aliphatic carbocycles. The summed E-state index contributed by atoms with van der Waals surface area (Å²) in [5, 5.41) is 17.4. The van der Waals surface area contributed by atoms with Crippen LogP contribution in [0.4, 0.5) is 25.4 Å². The van der Waals surface area contributed by atoms with Crippen LogP contribution < -0.4 is 16.0 Å². The molecule has 0 fully saturated rings. The smallest absolute Gasteiger partial charge is 0.412 e. The second-order valence-electron chi connectivity index (χ2n) is 12.2. The largest absolute Gasteiger partial charge is 0.480 e. The van der Waals surface area contributed by atoms with Gasteiger partial charge in [0.25, 0.3) is 5.91 Å². The minimum absolute atomic E-state index is 0.146. The summed E-state index contributed by atoms with van der Waals surface area (Å²) < 4.78 is 25.3. The molecule has 0 radical (unpaired) electrons. The average molecular weight is 620 g/mol. The zero-order valence-corrected chi connectivity index (χ0v) is 26.1. The monoisotopic (exact) mass is 619 g/mol. The second-order valence-corrected chi connectivity index (χ2v) is 12.2. The van der Waals surface area contributed by atoms with Crippen molar-refractivity contribution in [2.24, 2.45) is 0 Å². The lowest BCUT2D eigenvalue weighted by Gasteiger charge is -2.19. The molecular weight excluding hydrogens is 581 g/mol. The molecular formula is C34H38FN3O7. The molecule has 0 bridgehead atoms. The predicted molar refractivity (Wildman–Crippen MR) is 171 cm³/mol. The first-order chi connectivity index (χ1) is 21.0. The predicted octanol–water partition coefficient (Wildman–Crippen LogP) is 7.12. The Hall–Kier alpha value is -5.19. The van der Waals surface area contributed by atoms with E-state index in [0.717, 1.165) is 5.56 Å². The Morgan fingerprint density at radius 2 is 1.29 bits per heavy atom. The summed E-state index contributed by atoms with van der Waals surface area (Å²) >= 11 is 0. The topological polar surface area (TPSA) is 143 Å². The third-order valence-corrected chi connectivity index (χ3v) is 5.91. The van der Waals surface area contributed by atoms with Crippen LogP contribution in [-0.4, -0.2) is 46.4 Å². The van der Waals surface area contributed by atoms with E-state index in [9.17, 15) is 28.7 Å². The summed E-state index contributed by atoms with van der Waals surface area (Å²) in [6.07, 6.45) is 1.91. The molecule has 3 rings (SSSR count). The van der Waals surface area contributed by atoms with Gasteiger partial charge in [0.1, 0.15) is 23.1 Å². The Kier molecular flexibility index (Phi) is 11.1. The quantitative estimate of drug-likeness (QED) is 0.187. The van der Waals surface area contributed by atoms with E-state index in [0.29, 0.717) is 16.9 Å². The maximum atomic E-state index is 14.9. The van der Waals surface area contributed by atoms with Gasteiger partial charge in [0.2, 0.25) is 0 Å². The Morgan fingerprint density at radius 1 is 0.778 bits per heavy atom. The molecule has 3 amide bonds. The number of carbonyl (C=O) groups is 4. The van der Waals surface area contributed by atoms with E-state index in [-0.39, 0.29) is 17.5 Å². The molecule has 0 spiro atoms. The molecule has 0 heterocycles. The fraction of sp³-hybridized carbons (Fsp3) is 0.294. The average Bonchev–Trinajstić information content (AvgIpc) is 2.91. The van der Waals surface area contributed by atoms with E-state index in [1.54, 1.807) is 84.0 Å².